The van der Waals surface area contributed by atoms with Crippen LogP contribution in [-0.2, 0) is 14.6 Å². The van der Waals surface area contributed by atoms with Crippen LogP contribution in [0.5, 0.6) is 0 Å². The van der Waals surface area contributed by atoms with Crippen molar-refractivity contribution in [3.05, 3.63) is 0 Å². The summed E-state index contributed by atoms with van der Waals surface area (Å²) < 4.78 is 27.3. The lowest BCUT2D eigenvalue weighted by Gasteiger charge is -2.30. The van der Waals surface area contributed by atoms with E-state index in [0.29, 0.717) is 19.2 Å². The van der Waals surface area contributed by atoms with Gasteiger partial charge in [0.15, 0.2) is 5.96 Å². The minimum atomic E-state index is -2.94. The Morgan fingerprint density at radius 3 is 2.48 bits per heavy atom. The van der Waals surface area contributed by atoms with Crippen molar-refractivity contribution in [3.63, 3.8) is 0 Å². The van der Waals surface area contributed by atoms with Crippen molar-refractivity contribution in [2.75, 3.05) is 38.8 Å². The standard InChI is InChI=1S/C16H33N3O3S/c1-4-5-14-6-8-15(9-7-14)19-16(17-2)18-10-11-22-12-13-23(3,20)21/h14-15H,4-13H2,1-3H3,(H2,17,18,19). The Balaban J connectivity index is 2.13. The summed E-state index contributed by atoms with van der Waals surface area (Å²) in [6.45, 7) is 3.59. The van der Waals surface area contributed by atoms with E-state index in [0.717, 1.165) is 11.9 Å². The zero-order chi connectivity index (χ0) is 17.1. The topological polar surface area (TPSA) is 79.8 Å². The van der Waals surface area contributed by atoms with Crippen molar-refractivity contribution in [1.29, 1.82) is 0 Å². The Kier molecular flexibility index (Phi) is 9.55. The van der Waals surface area contributed by atoms with Gasteiger partial charge in [-0.2, -0.15) is 0 Å². The fourth-order valence-corrected chi connectivity index (χ4v) is 3.37. The van der Waals surface area contributed by atoms with Gasteiger partial charge < -0.3 is 15.4 Å². The summed E-state index contributed by atoms with van der Waals surface area (Å²) in [4.78, 5) is 4.24. The van der Waals surface area contributed by atoms with Crippen LogP contribution in [0.15, 0.2) is 4.99 Å². The Morgan fingerprint density at radius 1 is 1.22 bits per heavy atom. The van der Waals surface area contributed by atoms with Gasteiger partial charge in [0.05, 0.1) is 19.0 Å². The lowest BCUT2D eigenvalue weighted by molar-refractivity contribution is 0.153. The third kappa shape index (κ3) is 9.81. The molecule has 1 fully saturated rings. The molecule has 2 N–H and O–H groups in total. The third-order valence-electron chi connectivity index (χ3n) is 4.25. The molecule has 0 amide bonds. The van der Waals surface area contributed by atoms with E-state index in [1.165, 1.54) is 44.8 Å². The van der Waals surface area contributed by atoms with Crippen LogP contribution < -0.4 is 10.6 Å². The molecular formula is C16H33N3O3S. The molecule has 0 bridgehead atoms. The van der Waals surface area contributed by atoms with Gasteiger partial charge in [0, 0.05) is 25.9 Å². The average Bonchev–Trinajstić information content (AvgIpc) is 2.50. The molecule has 1 aliphatic carbocycles. The SMILES string of the molecule is CCCC1CCC(NC(=NC)NCCOCCS(C)(=O)=O)CC1. The minimum absolute atomic E-state index is 0.0704. The highest BCUT2D eigenvalue weighted by atomic mass is 32.2. The smallest absolute Gasteiger partial charge is 0.191 e. The number of sulfone groups is 1. The van der Waals surface area contributed by atoms with Gasteiger partial charge in [-0.3, -0.25) is 4.99 Å². The molecule has 1 saturated carbocycles. The van der Waals surface area contributed by atoms with Crippen LogP contribution >= 0.6 is 0 Å². The average molecular weight is 348 g/mol. The first kappa shape index (κ1) is 20.2. The molecule has 0 aromatic heterocycles. The van der Waals surface area contributed by atoms with Gasteiger partial charge in [0.25, 0.3) is 0 Å². The zero-order valence-electron chi connectivity index (χ0n) is 14.8. The predicted octanol–water partition coefficient (Wildman–Crippen LogP) is 1.57. The predicted molar refractivity (Wildman–Crippen MR) is 95.7 cm³/mol. The molecule has 0 saturated heterocycles. The molecule has 6 nitrogen and oxygen atoms in total. The number of nitrogens with one attached hydrogen (secondary N) is 2. The maximum absolute atomic E-state index is 11.0. The molecule has 0 unspecified atom stereocenters. The molecule has 7 heteroatoms. The van der Waals surface area contributed by atoms with E-state index >= 15 is 0 Å². The van der Waals surface area contributed by atoms with E-state index in [1.54, 1.807) is 7.05 Å². The van der Waals surface area contributed by atoms with Crippen LogP contribution in [0, 0.1) is 5.92 Å². The van der Waals surface area contributed by atoms with Gasteiger partial charge >= 0.3 is 0 Å². The molecule has 136 valence electrons. The number of hydrogen-bond donors (Lipinski definition) is 2. The summed E-state index contributed by atoms with van der Waals surface area (Å²) in [7, 11) is -1.18. The van der Waals surface area contributed by atoms with Gasteiger partial charge in [-0.15, -0.1) is 0 Å². The summed E-state index contributed by atoms with van der Waals surface area (Å²) >= 11 is 0. The van der Waals surface area contributed by atoms with E-state index in [-0.39, 0.29) is 12.4 Å². The normalized spacial score (nSPS) is 22.8. The maximum atomic E-state index is 11.0. The van der Waals surface area contributed by atoms with E-state index in [9.17, 15) is 8.42 Å². The Bertz CT molecular complexity index is 443. The van der Waals surface area contributed by atoms with E-state index in [2.05, 4.69) is 22.5 Å². The van der Waals surface area contributed by atoms with Crippen molar-refractivity contribution in [1.82, 2.24) is 10.6 Å². The second-order valence-corrected chi connectivity index (χ2v) is 8.65. The monoisotopic (exact) mass is 347 g/mol. The molecule has 1 rings (SSSR count). The quantitative estimate of drug-likeness (QED) is 0.376. The molecule has 0 aliphatic heterocycles. The summed E-state index contributed by atoms with van der Waals surface area (Å²) in [6.07, 6.45) is 8.87. The molecule has 0 radical (unpaired) electrons. The minimum Gasteiger partial charge on any atom is -0.379 e. The highest BCUT2D eigenvalue weighted by Gasteiger charge is 2.21. The highest BCUT2D eigenvalue weighted by molar-refractivity contribution is 7.90. The van der Waals surface area contributed by atoms with Gasteiger partial charge in [-0.05, 0) is 31.6 Å². The number of rotatable bonds is 9. The first-order valence-corrected chi connectivity index (χ1v) is 10.7. The first-order valence-electron chi connectivity index (χ1n) is 8.67. The second-order valence-electron chi connectivity index (χ2n) is 6.39. The van der Waals surface area contributed by atoms with Gasteiger partial charge in [0.2, 0.25) is 0 Å². The first-order chi connectivity index (χ1) is 10.9. The Morgan fingerprint density at radius 2 is 1.91 bits per heavy atom. The van der Waals surface area contributed by atoms with E-state index in [4.69, 9.17) is 4.74 Å². The van der Waals surface area contributed by atoms with Crippen molar-refractivity contribution >= 4 is 15.8 Å². The molecule has 1 aliphatic rings. The van der Waals surface area contributed by atoms with Crippen molar-refractivity contribution < 1.29 is 13.2 Å². The summed E-state index contributed by atoms with van der Waals surface area (Å²) in [5.74, 6) is 1.77. The molecule has 0 aromatic rings. The fourth-order valence-electron chi connectivity index (χ4n) is 2.95. The van der Waals surface area contributed by atoms with Gasteiger partial charge in [-0.1, -0.05) is 19.8 Å². The summed E-state index contributed by atoms with van der Waals surface area (Å²) in [5.41, 5.74) is 0. The molecule has 0 aromatic carbocycles. The fraction of sp³-hybridized carbons (Fsp3) is 0.938. The lowest BCUT2D eigenvalue weighted by Crippen LogP contribution is -2.45. The molecule has 23 heavy (non-hydrogen) atoms. The Labute approximate surface area is 141 Å². The number of aliphatic imine (C=N–C) groups is 1. The Hall–Kier alpha value is -0.820. The van der Waals surface area contributed by atoms with Crippen molar-refractivity contribution in [2.24, 2.45) is 10.9 Å². The number of ether oxygens (including phenoxy) is 1. The zero-order valence-corrected chi connectivity index (χ0v) is 15.6. The third-order valence-corrected chi connectivity index (χ3v) is 5.15. The highest BCUT2D eigenvalue weighted by Crippen LogP contribution is 2.27. The van der Waals surface area contributed by atoms with Crippen LogP contribution in [0.2, 0.25) is 0 Å². The van der Waals surface area contributed by atoms with E-state index < -0.39 is 9.84 Å². The van der Waals surface area contributed by atoms with E-state index in [1.807, 2.05) is 0 Å². The molecule has 0 atom stereocenters. The second kappa shape index (κ2) is 10.9. The maximum Gasteiger partial charge on any atom is 0.191 e. The van der Waals surface area contributed by atoms with Crippen molar-refractivity contribution in [2.45, 2.75) is 51.5 Å². The molecule has 0 heterocycles. The van der Waals surface area contributed by atoms with Crippen LogP contribution in [0.25, 0.3) is 0 Å². The largest absolute Gasteiger partial charge is 0.379 e. The molecule has 0 spiro atoms. The van der Waals surface area contributed by atoms with Crippen molar-refractivity contribution in [3.8, 4) is 0 Å². The van der Waals surface area contributed by atoms with Gasteiger partial charge in [-0.25, -0.2) is 8.42 Å². The van der Waals surface area contributed by atoms with Crippen LogP contribution in [0.4, 0.5) is 0 Å². The summed E-state index contributed by atoms with van der Waals surface area (Å²) in [5, 5.41) is 6.69. The van der Waals surface area contributed by atoms with Crippen LogP contribution in [0.1, 0.15) is 45.4 Å². The lowest BCUT2D eigenvalue weighted by atomic mass is 9.83. The number of hydrogen-bond acceptors (Lipinski definition) is 4. The van der Waals surface area contributed by atoms with Crippen LogP contribution in [0.3, 0.4) is 0 Å². The number of guanidine groups is 1. The number of nitrogens with zero attached hydrogens (tertiary/aromatic N) is 1. The summed E-state index contributed by atoms with van der Waals surface area (Å²) in [6, 6.07) is 0.500. The van der Waals surface area contributed by atoms with Crippen LogP contribution in [-0.4, -0.2) is 59.2 Å². The van der Waals surface area contributed by atoms with Gasteiger partial charge in [0.1, 0.15) is 9.84 Å². The molecular weight excluding hydrogens is 314 g/mol.